The van der Waals surface area contributed by atoms with E-state index in [2.05, 4.69) is 24.6 Å². The van der Waals surface area contributed by atoms with E-state index in [1.807, 2.05) is 36.5 Å². The van der Waals surface area contributed by atoms with E-state index in [1.165, 1.54) is 25.7 Å². The van der Waals surface area contributed by atoms with Crippen molar-refractivity contribution in [1.29, 1.82) is 5.41 Å². The molecule has 2 unspecified atom stereocenters. The first-order chi connectivity index (χ1) is 14.0. The molecule has 1 heterocycles. The highest BCUT2D eigenvalue weighted by Gasteiger charge is 2.23. The van der Waals surface area contributed by atoms with Crippen LogP contribution in [0.3, 0.4) is 0 Å². The van der Waals surface area contributed by atoms with Crippen molar-refractivity contribution in [2.45, 2.75) is 64.7 Å². The lowest BCUT2D eigenvalue weighted by molar-refractivity contribution is -0.118. The molecule has 1 fully saturated rings. The molecule has 3 heteroatoms. The summed E-state index contributed by atoms with van der Waals surface area (Å²) in [6.07, 6.45) is 12.7. The number of rotatable bonds is 10. The number of nitrogens with one attached hydrogen (secondary N) is 1. The Labute approximate surface area is 176 Å². The topological polar surface area (TPSA) is 53.8 Å². The average Bonchev–Trinajstić information content (AvgIpc) is 2.72. The molecular formula is C26H36N2O. The SMILES string of the molecule is C=CC1CCC(CCC[C@H](C)CCC(=O)Cc2cc3ccccc3cn2)CC1=N.[HH]. The van der Waals surface area contributed by atoms with Gasteiger partial charge in [-0.05, 0) is 49.0 Å². The third-order valence-electron chi connectivity index (χ3n) is 6.42. The molecule has 0 aliphatic heterocycles. The van der Waals surface area contributed by atoms with Crippen LogP contribution in [-0.2, 0) is 11.2 Å². The number of hydrogen-bond acceptors (Lipinski definition) is 3. The molecule has 1 aromatic heterocycles. The number of nitrogens with zero attached hydrogens (tertiary/aromatic N) is 1. The van der Waals surface area contributed by atoms with Gasteiger partial charge in [-0.1, -0.05) is 56.5 Å². The van der Waals surface area contributed by atoms with E-state index < -0.39 is 0 Å². The Morgan fingerprint density at radius 1 is 1.31 bits per heavy atom. The van der Waals surface area contributed by atoms with Crippen LogP contribution in [0.15, 0.2) is 49.2 Å². The highest BCUT2D eigenvalue weighted by atomic mass is 16.1. The number of Topliss-reactive ketones (excluding diaryl/α,β-unsaturated/α-hetero) is 1. The van der Waals surface area contributed by atoms with E-state index in [1.54, 1.807) is 0 Å². The monoisotopic (exact) mass is 392 g/mol. The average molecular weight is 393 g/mol. The van der Waals surface area contributed by atoms with Crippen LogP contribution < -0.4 is 0 Å². The summed E-state index contributed by atoms with van der Waals surface area (Å²) >= 11 is 0. The van der Waals surface area contributed by atoms with E-state index in [4.69, 9.17) is 5.41 Å². The Balaban J connectivity index is 0.00000320. The number of fused-ring (bicyclic) bond motifs is 1. The lowest BCUT2D eigenvalue weighted by atomic mass is 9.78. The Hall–Kier alpha value is -2.29. The number of ketones is 1. The van der Waals surface area contributed by atoms with Gasteiger partial charge in [0, 0.05) is 43.2 Å². The van der Waals surface area contributed by atoms with Crippen LogP contribution in [-0.4, -0.2) is 16.5 Å². The van der Waals surface area contributed by atoms with Crippen LogP contribution >= 0.6 is 0 Å². The molecule has 1 aromatic carbocycles. The zero-order valence-corrected chi connectivity index (χ0v) is 17.7. The van der Waals surface area contributed by atoms with Crippen molar-refractivity contribution >= 4 is 22.3 Å². The smallest absolute Gasteiger partial charge is 0.138 e. The number of pyridine rings is 1. The predicted octanol–water partition coefficient (Wildman–Crippen LogP) is 6.80. The van der Waals surface area contributed by atoms with Crippen molar-refractivity contribution < 1.29 is 6.22 Å². The standard InChI is InChI=1S/C26H34N2O.H2/c1-3-21-13-12-20(15-26(21)27)8-6-7-19(2)11-14-25(29)17-24-16-22-9-4-5-10-23(22)18-28-24;/h3-5,9-10,16,18-21,27H,1,6-8,11-15,17H2,2H3;1H/t19-,20?,21?;/m0./s1. The van der Waals surface area contributed by atoms with Crippen molar-refractivity contribution in [1.82, 2.24) is 4.98 Å². The lowest BCUT2D eigenvalue weighted by Crippen LogP contribution is -2.22. The second kappa shape index (κ2) is 10.5. The molecule has 0 bridgehead atoms. The summed E-state index contributed by atoms with van der Waals surface area (Å²) in [5, 5.41) is 10.4. The van der Waals surface area contributed by atoms with Gasteiger partial charge in [0.2, 0.25) is 0 Å². The largest absolute Gasteiger partial charge is 0.309 e. The predicted molar refractivity (Wildman–Crippen MR) is 124 cm³/mol. The first kappa shape index (κ1) is 21.4. The number of hydrogen-bond donors (Lipinski definition) is 1. The lowest BCUT2D eigenvalue weighted by Gasteiger charge is -2.27. The van der Waals surface area contributed by atoms with Crippen LogP contribution in [0.1, 0.15) is 65.4 Å². The molecule has 1 saturated carbocycles. The summed E-state index contributed by atoms with van der Waals surface area (Å²) in [6, 6.07) is 10.2. The minimum absolute atomic E-state index is 0. The van der Waals surface area contributed by atoms with E-state index >= 15 is 0 Å². The summed E-state index contributed by atoms with van der Waals surface area (Å²) in [4.78, 5) is 16.8. The summed E-state index contributed by atoms with van der Waals surface area (Å²) in [5.74, 6) is 1.85. The zero-order valence-electron chi connectivity index (χ0n) is 17.7. The molecule has 3 nitrogen and oxygen atoms in total. The number of allylic oxidation sites excluding steroid dienone is 1. The van der Waals surface area contributed by atoms with Crippen LogP contribution in [0.5, 0.6) is 0 Å². The minimum atomic E-state index is 0. The van der Waals surface area contributed by atoms with E-state index in [-0.39, 0.29) is 7.21 Å². The fourth-order valence-corrected chi connectivity index (χ4v) is 4.48. The molecule has 2 aromatic rings. The normalized spacial score (nSPS) is 20.5. The summed E-state index contributed by atoms with van der Waals surface area (Å²) in [6.45, 7) is 6.11. The van der Waals surface area contributed by atoms with Crippen molar-refractivity contribution in [3.05, 3.63) is 54.9 Å². The third-order valence-corrected chi connectivity index (χ3v) is 6.42. The zero-order chi connectivity index (χ0) is 20.6. The molecule has 3 atom stereocenters. The molecule has 0 spiro atoms. The molecule has 1 aliphatic carbocycles. The van der Waals surface area contributed by atoms with Gasteiger partial charge in [0.15, 0.2) is 0 Å². The number of carbonyl (C=O) groups excluding carboxylic acids is 1. The first-order valence-electron chi connectivity index (χ1n) is 11.1. The van der Waals surface area contributed by atoms with Gasteiger partial charge in [-0.15, -0.1) is 6.58 Å². The van der Waals surface area contributed by atoms with Gasteiger partial charge in [-0.2, -0.15) is 0 Å². The van der Waals surface area contributed by atoms with Crippen molar-refractivity contribution in [2.75, 3.05) is 0 Å². The van der Waals surface area contributed by atoms with Gasteiger partial charge < -0.3 is 5.41 Å². The fourth-order valence-electron chi connectivity index (χ4n) is 4.48. The molecule has 29 heavy (non-hydrogen) atoms. The quantitative estimate of drug-likeness (QED) is 0.452. The highest BCUT2D eigenvalue weighted by molar-refractivity contribution is 5.86. The van der Waals surface area contributed by atoms with Crippen molar-refractivity contribution in [3.63, 3.8) is 0 Å². The molecule has 1 aliphatic rings. The molecule has 1 N–H and O–H groups in total. The van der Waals surface area contributed by atoms with Crippen LogP contribution in [0.4, 0.5) is 0 Å². The van der Waals surface area contributed by atoms with Gasteiger partial charge in [-0.25, -0.2) is 0 Å². The summed E-state index contributed by atoms with van der Waals surface area (Å²) in [7, 11) is 0. The van der Waals surface area contributed by atoms with Gasteiger partial charge in [-0.3, -0.25) is 9.78 Å². The Morgan fingerprint density at radius 2 is 2.10 bits per heavy atom. The second-order valence-electron chi connectivity index (χ2n) is 8.83. The maximum Gasteiger partial charge on any atom is 0.138 e. The van der Waals surface area contributed by atoms with E-state index in [0.717, 1.165) is 41.4 Å². The first-order valence-corrected chi connectivity index (χ1v) is 11.1. The van der Waals surface area contributed by atoms with Gasteiger partial charge in [0.25, 0.3) is 0 Å². The maximum absolute atomic E-state index is 12.4. The molecule has 3 rings (SSSR count). The summed E-state index contributed by atoms with van der Waals surface area (Å²) in [5.41, 5.74) is 1.75. The van der Waals surface area contributed by atoms with E-state index in [0.29, 0.717) is 30.6 Å². The molecule has 0 saturated heterocycles. The third kappa shape index (κ3) is 6.35. The number of benzene rings is 1. The molecule has 0 radical (unpaired) electrons. The van der Waals surface area contributed by atoms with Crippen LogP contribution in [0, 0.1) is 23.2 Å². The molecule has 0 amide bonds. The Bertz CT molecular complexity index is 863. The van der Waals surface area contributed by atoms with Crippen LogP contribution in [0.25, 0.3) is 10.8 Å². The fraction of sp³-hybridized carbons (Fsp3) is 0.500. The van der Waals surface area contributed by atoms with Gasteiger partial charge in [0.1, 0.15) is 5.78 Å². The second-order valence-corrected chi connectivity index (χ2v) is 8.83. The molecule has 156 valence electrons. The summed E-state index contributed by atoms with van der Waals surface area (Å²) < 4.78 is 0. The minimum Gasteiger partial charge on any atom is -0.309 e. The van der Waals surface area contributed by atoms with Gasteiger partial charge in [0.05, 0.1) is 0 Å². The number of aromatic nitrogens is 1. The maximum atomic E-state index is 12.4. The van der Waals surface area contributed by atoms with Crippen molar-refractivity contribution in [2.24, 2.45) is 17.8 Å². The van der Waals surface area contributed by atoms with Crippen molar-refractivity contribution in [3.8, 4) is 0 Å². The van der Waals surface area contributed by atoms with Crippen LogP contribution in [0.2, 0.25) is 0 Å². The Morgan fingerprint density at radius 3 is 2.86 bits per heavy atom. The van der Waals surface area contributed by atoms with Gasteiger partial charge >= 0.3 is 0 Å². The highest BCUT2D eigenvalue weighted by Crippen LogP contribution is 2.31. The Kier molecular flexibility index (Phi) is 7.74. The van der Waals surface area contributed by atoms with E-state index in [9.17, 15) is 4.79 Å². The number of carbonyl (C=O) groups is 1. The molecular weight excluding hydrogens is 356 g/mol.